The molecule has 0 saturated carbocycles. The second-order valence-electron chi connectivity index (χ2n) is 7.96. The minimum atomic E-state index is -0.326. The Kier molecular flexibility index (Phi) is 6.98. The third kappa shape index (κ3) is 6.95. The van der Waals surface area contributed by atoms with Gasteiger partial charge >= 0.3 is 0 Å². The second kappa shape index (κ2) is 9.23. The Morgan fingerprint density at radius 3 is 2.14 bits per heavy atom. The number of hydrogen-bond acceptors (Lipinski definition) is 4. The van der Waals surface area contributed by atoms with E-state index in [2.05, 4.69) is 16.0 Å². The average molecular weight is 396 g/mol. The quantitative estimate of drug-likeness (QED) is 0.700. The lowest BCUT2D eigenvalue weighted by Crippen LogP contribution is -2.40. The molecule has 0 aliphatic carbocycles. The first-order valence-corrected chi connectivity index (χ1v) is 9.33. The number of nitrogens with zero attached hydrogens (tertiary/aromatic N) is 1. The molecule has 0 spiro atoms. The second-order valence-corrected chi connectivity index (χ2v) is 7.96. The summed E-state index contributed by atoms with van der Waals surface area (Å²) in [6.45, 7) is 5.80. The van der Waals surface area contributed by atoms with Crippen molar-refractivity contribution in [3.8, 4) is 0 Å². The van der Waals surface area contributed by atoms with E-state index < -0.39 is 0 Å². The van der Waals surface area contributed by atoms with Gasteiger partial charge in [0.05, 0.1) is 6.54 Å². The summed E-state index contributed by atoms with van der Waals surface area (Å²) in [5.74, 6) is -0.501. The van der Waals surface area contributed by atoms with Crippen LogP contribution in [0.1, 0.15) is 41.5 Å². The van der Waals surface area contributed by atoms with Gasteiger partial charge in [-0.15, -0.1) is 0 Å². The smallest absolute Gasteiger partial charge is 0.253 e. The van der Waals surface area contributed by atoms with Gasteiger partial charge in [0, 0.05) is 42.1 Å². The largest absolute Gasteiger partial charge is 0.376 e. The molecule has 0 aliphatic heterocycles. The van der Waals surface area contributed by atoms with Crippen LogP contribution in [0.3, 0.4) is 0 Å². The summed E-state index contributed by atoms with van der Waals surface area (Å²) in [4.78, 5) is 37.8. The fraction of sp³-hybridized carbons (Fsp3) is 0.318. The zero-order valence-corrected chi connectivity index (χ0v) is 17.5. The predicted molar refractivity (Wildman–Crippen MR) is 115 cm³/mol. The molecule has 29 heavy (non-hydrogen) atoms. The van der Waals surface area contributed by atoms with Crippen molar-refractivity contribution in [2.24, 2.45) is 0 Å². The van der Waals surface area contributed by atoms with Crippen LogP contribution >= 0.6 is 0 Å². The lowest BCUT2D eigenvalue weighted by molar-refractivity contribution is -0.114. The zero-order valence-electron chi connectivity index (χ0n) is 17.5. The van der Waals surface area contributed by atoms with Gasteiger partial charge in [-0.2, -0.15) is 0 Å². The van der Waals surface area contributed by atoms with Crippen LogP contribution in [0, 0.1) is 0 Å². The van der Waals surface area contributed by atoms with Crippen molar-refractivity contribution in [3.63, 3.8) is 0 Å². The molecule has 2 aromatic carbocycles. The van der Waals surface area contributed by atoms with E-state index in [0.717, 1.165) is 0 Å². The van der Waals surface area contributed by atoms with Gasteiger partial charge < -0.3 is 20.9 Å². The molecule has 3 amide bonds. The molecule has 0 aromatic heterocycles. The Balaban J connectivity index is 1.92. The summed E-state index contributed by atoms with van der Waals surface area (Å²) in [6, 6.07) is 13.7. The van der Waals surface area contributed by atoms with Crippen LogP contribution < -0.4 is 16.0 Å². The van der Waals surface area contributed by atoms with Gasteiger partial charge in [-0.05, 0) is 63.2 Å². The minimum Gasteiger partial charge on any atom is -0.376 e. The van der Waals surface area contributed by atoms with Gasteiger partial charge in [0.15, 0.2) is 0 Å². The molecule has 0 fully saturated rings. The average Bonchev–Trinajstić information content (AvgIpc) is 2.65. The number of hydrogen-bond donors (Lipinski definition) is 3. The molecule has 0 bridgehead atoms. The first-order chi connectivity index (χ1) is 13.5. The van der Waals surface area contributed by atoms with Gasteiger partial charge in [0.2, 0.25) is 5.91 Å². The van der Waals surface area contributed by atoms with Crippen LogP contribution in [0.4, 0.5) is 11.4 Å². The molecule has 0 saturated heterocycles. The van der Waals surface area contributed by atoms with E-state index in [-0.39, 0.29) is 29.8 Å². The highest BCUT2D eigenvalue weighted by Gasteiger charge is 2.15. The van der Waals surface area contributed by atoms with Gasteiger partial charge in [0.25, 0.3) is 11.8 Å². The third-order valence-corrected chi connectivity index (χ3v) is 3.89. The predicted octanol–water partition coefficient (Wildman–Crippen LogP) is 2.97. The molecule has 0 radical (unpaired) electrons. The number of carbonyl (C=O) groups excluding carboxylic acids is 3. The highest BCUT2D eigenvalue weighted by atomic mass is 16.2. The minimum absolute atomic E-state index is 0.0444. The summed E-state index contributed by atoms with van der Waals surface area (Å²) in [5, 5.41) is 8.69. The number of benzene rings is 2. The maximum absolute atomic E-state index is 12.3. The van der Waals surface area contributed by atoms with Crippen LogP contribution in [-0.4, -0.2) is 48.8 Å². The molecule has 154 valence electrons. The monoisotopic (exact) mass is 396 g/mol. The standard InChI is InChI=1S/C22H28N4O3/c1-22(2,3)25-20(28)16-7-6-8-18(13-16)23-14-19(27)24-17-11-9-15(10-12-17)21(29)26(4)5/h6-13,23H,14H2,1-5H3,(H,24,27)(H,25,28). The number of rotatable bonds is 6. The van der Waals surface area contributed by atoms with E-state index in [1.54, 1.807) is 62.6 Å². The van der Waals surface area contributed by atoms with Crippen LogP contribution in [0.5, 0.6) is 0 Å². The summed E-state index contributed by atoms with van der Waals surface area (Å²) in [7, 11) is 3.37. The fourth-order valence-corrected chi connectivity index (χ4v) is 2.53. The zero-order chi connectivity index (χ0) is 21.6. The van der Waals surface area contributed by atoms with Gasteiger partial charge in [-0.3, -0.25) is 14.4 Å². The first kappa shape index (κ1) is 21.9. The van der Waals surface area contributed by atoms with Crippen LogP contribution in [-0.2, 0) is 4.79 Å². The molecule has 0 heterocycles. The van der Waals surface area contributed by atoms with Crippen molar-refractivity contribution in [2.45, 2.75) is 26.3 Å². The lowest BCUT2D eigenvalue weighted by atomic mass is 10.1. The molecular weight excluding hydrogens is 368 g/mol. The van der Waals surface area contributed by atoms with Crippen molar-refractivity contribution in [1.29, 1.82) is 0 Å². The Bertz CT molecular complexity index is 884. The van der Waals surface area contributed by atoms with E-state index in [9.17, 15) is 14.4 Å². The first-order valence-electron chi connectivity index (χ1n) is 9.33. The maximum Gasteiger partial charge on any atom is 0.253 e. The molecule has 2 rings (SSSR count). The van der Waals surface area contributed by atoms with Gasteiger partial charge in [-0.1, -0.05) is 6.07 Å². The van der Waals surface area contributed by atoms with E-state index >= 15 is 0 Å². The Morgan fingerprint density at radius 2 is 1.55 bits per heavy atom. The molecule has 2 aromatic rings. The van der Waals surface area contributed by atoms with Crippen molar-refractivity contribution >= 4 is 29.1 Å². The number of carbonyl (C=O) groups is 3. The van der Waals surface area contributed by atoms with E-state index in [1.807, 2.05) is 20.8 Å². The summed E-state index contributed by atoms with van der Waals surface area (Å²) in [5.41, 5.74) is 2.02. The van der Waals surface area contributed by atoms with Crippen molar-refractivity contribution in [2.75, 3.05) is 31.3 Å². The van der Waals surface area contributed by atoms with Crippen molar-refractivity contribution in [1.82, 2.24) is 10.2 Å². The van der Waals surface area contributed by atoms with Gasteiger partial charge in [-0.25, -0.2) is 0 Å². The van der Waals surface area contributed by atoms with E-state index in [1.165, 1.54) is 4.90 Å². The summed E-state index contributed by atoms with van der Waals surface area (Å²) >= 11 is 0. The molecule has 0 aliphatic rings. The molecule has 3 N–H and O–H groups in total. The molecule has 0 atom stereocenters. The van der Waals surface area contributed by atoms with Crippen LogP contribution in [0.25, 0.3) is 0 Å². The number of nitrogens with one attached hydrogen (secondary N) is 3. The Hall–Kier alpha value is -3.35. The maximum atomic E-state index is 12.3. The fourth-order valence-electron chi connectivity index (χ4n) is 2.53. The van der Waals surface area contributed by atoms with Crippen molar-refractivity contribution < 1.29 is 14.4 Å². The number of amides is 3. The third-order valence-electron chi connectivity index (χ3n) is 3.89. The Morgan fingerprint density at radius 1 is 0.897 bits per heavy atom. The van der Waals surface area contributed by atoms with E-state index in [4.69, 9.17) is 0 Å². The summed E-state index contributed by atoms with van der Waals surface area (Å²) < 4.78 is 0. The highest BCUT2D eigenvalue weighted by molar-refractivity contribution is 5.97. The van der Waals surface area contributed by atoms with Crippen LogP contribution in [0.15, 0.2) is 48.5 Å². The van der Waals surface area contributed by atoms with Crippen molar-refractivity contribution in [3.05, 3.63) is 59.7 Å². The topological polar surface area (TPSA) is 90.5 Å². The molecule has 7 heteroatoms. The van der Waals surface area contributed by atoms with Gasteiger partial charge in [0.1, 0.15) is 0 Å². The molecular formula is C22H28N4O3. The number of anilines is 2. The highest BCUT2D eigenvalue weighted by Crippen LogP contribution is 2.13. The van der Waals surface area contributed by atoms with Crippen LogP contribution in [0.2, 0.25) is 0 Å². The molecule has 7 nitrogen and oxygen atoms in total. The lowest BCUT2D eigenvalue weighted by Gasteiger charge is -2.20. The Labute approximate surface area is 171 Å². The SMILES string of the molecule is CN(C)C(=O)c1ccc(NC(=O)CNc2cccc(C(=O)NC(C)(C)C)c2)cc1. The summed E-state index contributed by atoms with van der Waals surface area (Å²) in [6.07, 6.45) is 0. The van der Waals surface area contributed by atoms with E-state index in [0.29, 0.717) is 22.5 Å². The normalized spacial score (nSPS) is 10.8. The molecule has 0 unspecified atom stereocenters.